The number of halogens is 1. The lowest BCUT2D eigenvalue weighted by Gasteiger charge is -2.10. The third-order valence-electron chi connectivity index (χ3n) is 3.85. The van der Waals surface area contributed by atoms with Crippen LogP contribution in [0.15, 0.2) is 27.2 Å². The summed E-state index contributed by atoms with van der Waals surface area (Å²) in [5, 5.41) is 9.51. The third-order valence-corrected chi connectivity index (χ3v) is 4.35. The van der Waals surface area contributed by atoms with Gasteiger partial charge in [-0.15, -0.1) is 0 Å². The molecule has 1 aromatic heterocycles. The summed E-state index contributed by atoms with van der Waals surface area (Å²) in [7, 11) is 0. The maximum atomic E-state index is 12.0. The van der Waals surface area contributed by atoms with Gasteiger partial charge in [0.25, 0.3) is 0 Å². The molecule has 27 heavy (non-hydrogen) atoms. The Morgan fingerprint density at radius 1 is 1.19 bits per heavy atom. The molecular weight excluding hydrogens is 412 g/mol. The van der Waals surface area contributed by atoms with Crippen molar-refractivity contribution in [2.45, 2.75) is 52.4 Å². The maximum Gasteiger partial charge on any atom is 0.227 e. The second kappa shape index (κ2) is 9.12. The molecule has 1 aromatic carbocycles. The molecule has 8 heteroatoms. The summed E-state index contributed by atoms with van der Waals surface area (Å²) in [6.07, 6.45) is 0.808. The van der Waals surface area contributed by atoms with Crippen molar-refractivity contribution in [1.29, 1.82) is 0 Å². The van der Waals surface area contributed by atoms with Crippen LogP contribution in [0.1, 0.15) is 50.9 Å². The molecule has 0 radical (unpaired) electrons. The Balaban J connectivity index is 1.70. The predicted octanol–water partition coefficient (Wildman–Crippen LogP) is 3.52. The molecule has 1 heterocycles. The van der Waals surface area contributed by atoms with Crippen LogP contribution in [0.2, 0.25) is 0 Å². The Bertz CT molecular complexity index is 812. The second-order valence-corrected chi connectivity index (χ2v) is 8.28. The van der Waals surface area contributed by atoms with E-state index in [-0.39, 0.29) is 36.6 Å². The van der Waals surface area contributed by atoms with E-state index < -0.39 is 0 Å². The van der Waals surface area contributed by atoms with Crippen LogP contribution in [0.25, 0.3) is 0 Å². The van der Waals surface area contributed by atoms with Gasteiger partial charge in [0.15, 0.2) is 5.82 Å². The van der Waals surface area contributed by atoms with E-state index in [0.717, 1.165) is 15.7 Å². The number of aromatic nitrogens is 2. The molecule has 0 spiro atoms. The molecule has 0 fully saturated rings. The molecule has 2 amide bonds. The minimum absolute atomic E-state index is 0.150. The van der Waals surface area contributed by atoms with Gasteiger partial charge in [0, 0.05) is 41.4 Å². The zero-order valence-corrected chi connectivity index (χ0v) is 17.6. The van der Waals surface area contributed by atoms with Crippen molar-refractivity contribution < 1.29 is 14.1 Å². The Hall–Kier alpha value is -2.22. The first-order valence-corrected chi connectivity index (χ1v) is 9.60. The molecule has 2 N–H and O–H groups in total. The summed E-state index contributed by atoms with van der Waals surface area (Å²) >= 11 is 3.38. The number of carbonyl (C=O) groups excluding carboxylic acids is 2. The quantitative estimate of drug-likeness (QED) is 0.691. The van der Waals surface area contributed by atoms with Crippen molar-refractivity contribution in [1.82, 2.24) is 15.5 Å². The highest BCUT2D eigenvalue weighted by atomic mass is 79.9. The first-order valence-electron chi connectivity index (χ1n) is 8.81. The highest BCUT2D eigenvalue weighted by molar-refractivity contribution is 9.10. The van der Waals surface area contributed by atoms with Gasteiger partial charge in [-0.1, -0.05) is 47.9 Å². The number of carbonyl (C=O) groups is 2. The molecule has 2 rings (SSSR count). The van der Waals surface area contributed by atoms with Gasteiger partial charge in [-0.3, -0.25) is 9.59 Å². The van der Waals surface area contributed by atoms with Crippen LogP contribution in [-0.4, -0.2) is 28.5 Å². The fraction of sp³-hybridized carbons (Fsp3) is 0.474. The van der Waals surface area contributed by atoms with Crippen molar-refractivity contribution >= 4 is 33.4 Å². The summed E-state index contributed by atoms with van der Waals surface area (Å²) in [4.78, 5) is 28.2. The van der Waals surface area contributed by atoms with Crippen molar-refractivity contribution in [3.63, 3.8) is 0 Å². The van der Waals surface area contributed by atoms with E-state index in [1.807, 2.05) is 45.9 Å². The molecular formula is C19H25BrN4O3. The molecule has 0 aliphatic carbocycles. The van der Waals surface area contributed by atoms with E-state index in [0.29, 0.717) is 18.1 Å². The Morgan fingerprint density at radius 3 is 2.59 bits per heavy atom. The SMILES string of the molecule is Cc1ccc(Br)cc1NC(=O)CCNC(=O)CCc1nc(C(C)(C)C)no1. The monoisotopic (exact) mass is 436 g/mol. The van der Waals surface area contributed by atoms with Crippen LogP contribution in [-0.2, 0) is 21.4 Å². The van der Waals surface area contributed by atoms with Gasteiger partial charge in [0.1, 0.15) is 0 Å². The smallest absolute Gasteiger partial charge is 0.227 e. The fourth-order valence-electron chi connectivity index (χ4n) is 2.23. The average molecular weight is 437 g/mol. The number of nitrogens with zero attached hydrogens (tertiary/aromatic N) is 2. The van der Waals surface area contributed by atoms with Gasteiger partial charge in [-0.2, -0.15) is 4.98 Å². The highest BCUT2D eigenvalue weighted by Crippen LogP contribution is 2.21. The first-order chi connectivity index (χ1) is 12.6. The Labute approximate surface area is 167 Å². The van der Waals surface area contributed by atoms with Crippen LogP contribution >= 0.6 is 15.9 Å². The van der Waals surface area contributed by atoms with Crippen molar-refractivity contribution in [3.05, 3.63) is 40.0 Å². The lowest BCUT2D eigenvalue weighted by atomic mass is 9.96. The largest absolute Gasteiger partial charge is 0.356 e. The van der Waals surface area contributed by atoms with Crippen LogP contribution < -0.4 is 10.6 Å². The van der Waals surface area contributed by atoms with Crippen LogP contribution in [0.5, 0.6) is 0 Å². The number of amides is 2. The fourth-order valence-corrected chi connectivity index (χ4v) is 2.59. The number of aryl methyl sites for hydroxylation is 2. The first kappa shape index (κ1) is 21.1. The molecule has 0 saturated carbocycles. The number of nitrogens with one attached hydrogen (secondary N) is 2. The number of hydrogen-bond donors (Lipinski definition) is 2. The lowest BCUT2D eigenvalue weighted by Crippen LogP contribution is -2.28. The van der Waals surface area contributed by atoms with Gasteiger partial charge in [0.05, 0.1) is 0 Å². The van der Waals surface area contributed by atoms with Crippen molar-refractivity contribution in [2.24, 2.45) is 0 Å². The molecule has 0 aliphatic rings. The van der Waals surface area contributed by atoms with E-state index >= 15 is 0 Å². The van der Waals surface area contributed by atoms with Gasteiger partial charge in [0.2, 0.25) is 17.7 Å². The van der Waals surface area contributed by atoms with Crippen molar-refractivity contribution in [2.75, 3.05) is 11.9 Å². The molecule has 0 saturated heterocycles. The topological polar surface area (TPSA) is 97.1 Å². The van der Waals surface area contributed by atoms with Crippen molar-refractivity contribution in [3.8, 4) is 0 Å². The number of hydrogen-bond acceptors (Lipinski definition) is 5. The molecule has 0 atom stereocenters. The molecule has 7 nitrogen and oxygen atoms in total. The van der Waals surface area contributed by atoms with E-state index in [1.165, 1.54) is 0 Å². The Kier molecular flexibility index (Phi) is 7.12. The van der Waals surface area contributed by atoms with Crippen LogP contribution in [0.4, 0.5) is 5.69 Å². The number of anilines is 1. The lowest BCUT2D eigenvalue weighted by molar-refractivity contribution is -0.121. The third kappa shape index (κ3) is 6.78. The van der Waals surface area contributed by atoms with E-state index in [2.05, 4.69) is 36.7 Å². The van der Waals surface area contributed by atoms with Gasteiger partial charge >= 0.3 is 0 Å². The standard InChI is InChI=1S/C19H25BrN4O3/c1-12-5-6-13(20)11-14(12)22-16(26)9-10-21-15(25)7-8-17-23-18(24-27-17)19(2,3)4/h5-6,11H,7-10H2,1-4H3,(H,21,25)(H,22,26). The van der Waals surface area contributed by atoms with Gasteiger partial charge in [-0.25, -0.2) is 0 Å². The molecule has 2 aromatic rings. The summed E-state index contributed by atoms with van der Waals surface area (Å²) in [5.74, 6) is 0.760. The number of benzene rings is 1. The second-order valence-electron chi connectivity index (χ2n) is 7.37. The summed E-state index contributed by atoms with van der Waals surface area (Å²) in [6.45, 7) is 8.18. The minimum atomic E-state index is -0.190. The molecule has 0 unspecified atom stereocenters. The maximum absolute atomic E-state index is 12.0. The van der Waals surface area contributed by atoms with Crippen LogP contribution in [0, 0.1) is 6.92 Å². The minimum Gasteiger partial charge on any atom is -0.356 e. The highest BCUT2D eigenvalue weighted by Gasteiger charge is 2.21. The summed E-state index contributed by atoms with van der Waals surface area (Å²) in [5.41, 5.74) is 1.54. The van der Waals surface area contributed by atoms with E-state index in [1.54, 1.807) is 0 Å². The summed E-state index contributed by atoms with van der Waals surface area (Å²) in [6, 6.07) is 5.69. The van der Waals surface area contributed by atoms with E-state index in [9.17, 15) is 9.59 Å². The normalized spacial score (nSPS) is 11.3. The van der Waals surface area contributed by atoms with Gasteiger partial charge < -0.3 is 15.2 Å². The predicted molar refractivity (Wildman–Crippen MR) is 106 cm³/mol. The molecule has 146 valence electrons. The average Bonchev–Trinajstić information content (AvgIpc) is 3.06. The molecule has 0 aliphatic heterocycles. The zero-order chi connectivity index (χ0) is 20.0. The van der Waals surface area contributed by atoms with E-state index in [4.69, 9.17) is 4.52 Å². The Morgan fingerprint density at radius 2 is 1.93 bits per heavy atom. The molecule has 0 bridgehead atoms. The van der Waals surface area contributed by atoms with Gasteiger partial charge in [-0.05, 0) is 24.6 Å². The summed E-state index contributed by atoms with van der Waals surface area (Å²) < 4.78 is 6.06. The number of rotatable bonds is 7. The zero-order valence-electron chi connectivity index (χ0n) is 16.1. The van der Waals surface area contributed by atoms with Crippen LogP contribution in [0.3, 0.4) is 0 Å².